The highest BCUT2D eigenvalue weighted by molar-refractivity contribution is 14.0. The van der Waals surface area contributed by atoms with E-state index < -0.39 is 0 Å². The van der Waals surface area contributed by atoms with Gasteiger partial charge in [0.2, 0.25) is 0 Å². The number of guanidine groups is 1. The Morgan fingerprint density at radius 3 is 2.44 bits per heavy atom. The van der Waals surface area contributed by atoms with Gasteiger partial charge in [-0.1, -0.05) is 48.5 Å². The Labute approximate surface area is 208 Å². The summed E-state index contributed by atoms with van der Waals surface area (Å²) in [5.74, 6) is 1.60. The monoisotopic (exact) mass is 547 g/mol. The van der Waals surface area contributed by atoms with Crippen LogP contribution in [0.4, 0.5) is 0 Å². The van der Waals surface area contributed by atoms with Gasteiger partial charge in [-0.25, -0.2) is 4.99 Å². The molecule has 1 aromatic heterocycles. The van der Waals surface area contributed by atoms with E-state index in [4.69, 9.17) is 4.99 Å². The van der Waals surface area contributed by atoms with Crippen LogP contribution in [0.1, 0.15) is 31.7 Å². The normalized spacial score (nSPS) is 12.3. The molecular formula is C24H34IN7. The van der Waals surface area contributed by atoms with Crippen LogP contribution in [0.25, 0.3) is 5.69 Å². The van der Waals surface area contributed by atoms with Crippen molar-refractivity contribution in [1.29, 1.82) is 0 Å². The first-order chi connectivity index (χ1) is 15.2. The van der Waals surface area contributed by atoms with Gasteiger partial charge in [0.25, 0.3) is 0 Å². The second kappa shape index (κ2) is 13.8. The maximum atomic E-state index is 4.71. The second-order valence-electron chi connectivity index (χ2n) is 7.61. The minimum Gasteiger partial charge on any atom is -0.357 e. The quantitative estimate of drug-likeness (QED) is 0.229. The number of aliphatic imine (C=N–C) groups is 1. The molecule has 0 amide bonds. The standard InChI is InChI=1S/C24H33N7.HI/c1-4-25-24(26-16-15-20(2)30(3)18-21-11-7-5-8-12-21)27-17-23-29-28-19-31(23)22-13-9-6-10-14-22;/h5-14,19-20H,4,15-18H2,1-3H3,(H2,25,26,27);1H. The zero-order valence-electron chi connectivity index (χ0n) is 19.1. The molecule has 0 radical (unpaired) electrons. The third kappa shape index (κ3) is 7.90. The first kappa shape index (κ1) is 25.8. The number of rotatable bonds is 10. The van der Waals surface area contributed by atoms with Gasteiger partial charge in [0.05, 0.1) is 0 Å². The number of hydrogen-bond donors (Lipinski definition) is 2. The minimum atomic E-state index is 0. The van der Waals surface area contributed by atoms with Crippen LogP contribution >= 0.6 is 24.0 Å². The summed E-state index contributed by atoms with van der Waals surface area (Å²) >= 11 is 0. The highest BCUT2D eigenvalue weighted by Gasteiger charge is 2.10. The molecule has 1 heterocycles. The summed E-state index contributed by atoms with van der Waals surface area (Å²) < 4.78 is 1.97. The molecule has 1 atom stereocenters. The fraction of sp³-hybridized carbons (Fsp3) is 0.375. The fourth-order valence-electron chi connectivity index (χ4n) is 3.31. The molecule has 0 spiro atoms. The summed E-state index contributed by atoms with van der Waals surface area (Å²) in [6, 6.07) is 21.1. The van der Waals surface area contributed by atoms with Crippen molar-refractivity contribution >= 4 is 29.9 Å². The number of aromatic nitrogens is 3. The van der Waals surface area contributed by atoms with Crippen molar-refractivity contribution in [3.8, 4) is 5.69 Å². The maximum Gasteiger partial charge on any atom is 0.191 e. The first-order valence-electron chi connectivity index (χ1n) is 10.9. The van der Waals surface area contributed by atoms with Crippen molar-refractivity contribution in [3.05, 3.63) is 78.4 Å². The Kier molecular flexibility index (Phi) is 11.2. The fourth-order valence-corrected chi connectivity index (χ4v) is 3.31. The lowest BCUT2D eigenvalue weighted by atomic mass is 10.1. The van der Waals surface area contributed by atoms with Crippen LogP contribution in [0.2, 0.25) is 0 Å². The Morgan fingerprint density at radius 1 is 1.06 bits per heavy atom. The zero-order chi connectivity index (χ0) is 21.9. The molecule has 7 nitrogen and oxygen atoms in total. The van der Waals surface area contributed by atoms with E-state index in [-0.39, 0.29) is 24.0 Å². The molecule has 0 aliphatic rings. The van der Waals surface area contributed by atoms with Crippen LogP contribution in [-0.2, 0) is 13.1 Å². The van der Waals surface area contributed by atoms with Gasteiger partial charge in [-0.3, -0.25) is 9.47 Å². The predicted molar refractivity (Wildman–Crippen MR) is 142 cm³/mol. The number of benzene rings is 2. The summed E-state index contributed by atoms with van der Waals surface area (Å²) in [5, 5.41) is 15.1. The lowest BCUT2D eigenvalue weighted by molar-refractivity contribution is 0.238. The van der Waals surface area contributed by atoms with Gasteiger partial charge in [-0.2, -0.15) is 0 Å². The number of nitrogens with zero attached hydrogens (tertiary/aromatic N) is 5. The van der Waals surface area contributed by atoms with Crippen LogP contribution in [0.15, 0.2) is 72.0 Å². The molecule has 2 aromatic carbocycles. The van der Waals surface area contributed by atoms with Gasteiger partial charge in [0, 0.05) is 31.4 Å². The Balaban J connectivity index is 0.00000363. The van der Waals surface area contributed by atoms with E-state index in [0.717, 1.165) is 43.5 Å². The summed E-state index contributed by atoms with van der Waals surface area (Å²) in [5.41, 5.74) is 2.37. The van der Waals surface area contributed by atoms with Crippen molar-refractivity contribution in [2.45, 2.75) is 39.4 Å². The Morgan fingerprint density at radius 2 is 1.75 bits per heavy atom. The van der Waals surface area contributed by atoms with Gasteiger partial charge < -0.3 is 10.6 Å². The lowest BCUT2D eigenvalue weighted by Crippen LogP contribution is -2.40. The van der Waals surface area contributed by atoms with E-state index in [0.29, 0.717) is 12.6 Å². The molecule has 172 valence electrons. The van der Waals surface area contributed by atoms with E-state index in [9.17, 15) is 0 Å². The van der Waals surface area contributed by atoms with Crippen molar-refractivity contribution < 1.29 is 0 Å². The largest absolute Gasteiger partial charge is 0.357 e. The summed E-state index contributed by atoms with van der Waals surface area (Å²) in [6.45, 7) is 7.38. The Hall–Kier alpha value is -2.46. The van der Waals surface area contributed by atoms with Crippen molar-refractivity contribution in [2.24, 2.45) is 4.99 Å². The molecule has 1 unspecified atom stereocenters. The number of para-hydroxylation sites is 1. The van der Waals surface area contributed by atoms with Crippen molar-refractivity contribution in [3.63, 3.8) is 0 Å². The number of nitrogens with one attached hydrogen (secondary N) is 2. The molecule has 0 fully saturated rings. The summed E-state index contributed by atoms with van der Waals surface area (Å²) in [6.07, 6.45) is 2.75. The van der Waals surface area contributed by atoms with Crippen LogP contribution in [0, 0.1) is 0 Å². The predicted octanol–water partition coefficient (Wildman–Crippen LogP) is 3.85. The van der Waals surface area contributed by atoms with Crippen molar-refractivity contribution in [1.82, 2.24) is 30.3 Å². The second-order valence-corrected chi connectivity index (χ2v) is 7.61. The Bertz CT molecular complexity index is 928. The molecule has 32 heavy (non-hydrogen) atoms. The molecular weight excluding hydrogens is 513 g/mol. The van der Waals surface area contributed by atoms with Crippen molar-refractivity contribution in [2.75, 3.05) is 20.1 Å². The topological polar surface area (TPSA) is 70.4 Å². The van der Waals surface area contributed by atoms with Gasteiger partial charge >= 0.3 is 0 Å². The summed E-state index contributed by atoms with van der Waals surface area (Å²) in [7, 11) is 2.17. The molecule has 3 aromatic rings. The first-order valence-corrected chi connectivity index (χ1v) is 10.9. The maximum absolute atomic E-state index is 4.71. The van der Waals surface area contributed by atoms with Crippen LogP contribution < -0.4 is 10.6 Å². The number of halogens is 1. The average molecular weight is 547 g/mol. The zero-order valence-corrected chi connectivity index (χ0v) is 21.4. The molecule has 0 saturated heterocycles. The SMILES string of the molecule is CCNC(=NCc1nncn1-c1ccccc1)NCCC(C)N(C)Cc1ccccc1.I. The third-order valence-corrected chi connectivity index (χ3v) is 5.26. The molecule has 2 N–H and O–H groups in total. The van der Waals surface area contributed by atoms with E-state index in [2.05, 4.69) is 77.0 Å². The van der Waals surface area contributed by atoms with Crippen LogP contribution in [-0.4, -0.2) is 51.8 Å². The average Bonchev–Trinajstić information content (AvgIpc) is 3.27. The van der Waals surface area contributed by atoms with Gasteiger partial charge in [-0.05, 0) is 45.0 Å². The molecule has 0 bridgehead atoms. The van der Waals surface area contributed by atoms with E-state index >= 15 is 0 Å². The molecule has 8 heteroatoms. The highest BCUT2D eigenvalue weighted by atomic mass is 127. The van der Waals surface area contributed by atoms with E-state index in [1.54, 1.807) is 6.33 Å². The van der Waals surface area contributed by atoms with E-state index in [1.807, 2.05) is 34.9 Å². The van der Waals surface area contributed by atoms with E-state index in [1.165, 1.54) is 5.56 Å². The molecule has 0 aliphatic heterocycles. The summed E-state index contributed by atoms with van der Waals surface area (Å²) in [4.78, 5) is 7.09. The lowest BCUT2D eigenvalue weighted by Gasteiger charge is -2.25. The number of hydrogen-bond acceptors (Lipinski definition) is 4. The van der Waals surface area contributed by atoms with Crippen LogP contribution in [0.3, 0.4) is 0 Å². The smallest absolute Gasteiger partial charge is 0.191 e. The highest BCUT2D eigenvalue weighted by Crippen LogP contribution is 2.10. The molecule has 0 saturated carbocycles. The molecule has 0 aliphatic carbocycles. The van der Waals surface area contributed by atoms with Gasteiger partial charge in [0.1, 0.15) is 12.9 Å². The minimum absolute atomic E-state index is 0. The molecule has 3 rings (SSSR count). The third-order valence-electron chi connectivity index (χ3n) is 5.26. The van der Waals surface area contributed by atoms with Gasteiger partial charge in [-0.15, -0.1) is 34.2 Å². The van der Waals surface area contributed by atoms with Gasteiger partial charge in [0.15, 0.2) is 11.8 Å². The van der Waals surface area contributed by atoms with Crippen LogP contribution in [0.5, 0.6) is 0 Å².